The highest BCUT2D eigenvalue weighted by Crippen LogP contribution is 2.30. The predicted octanol–water partition coefficient (Wildman–Crippen LogP) is 6.33. The van der Waals surface area contributed by atoms with E-state index in [1.165, 1.54) is 27.5 Å². The molecule has 2 saturated heterocycles. The fourth-order valence-electron chi connectivity index (χ4n) is 7.74. The monoisotopic (exact) mass is 979 g/mol. The highest BCUT2D eigenvalue weighted by atomic mass is 79.9. The molecule has 65 heavy (non-hydrogen) atoms. The molecule has 15 nitrogen and oxygen atoms in total. The van der Waals surface area contributed by atoms with E-state index < -0.39 is 22.9 Å². The molecule has 4 amide bonds. The van der Waals surface area contributed by atoms with Crippen LogP contribution in [0.3, 0.4) is 0 Å². The number of likely N-dealkylation sites (tertiary alicyclic amines) is 2. The van der Waals surface area contributed by atoms with Crippen LogP contribution in [-0.2, 0) is 35.8 Å². The average molecular weight is 982 g/mol. The Morgan fingerprint density at radius 1 is 0.662 bits per heavy atom. The SMILES string of the molecule is CC1(C)CN(C(=O)Cn2c(=O)c(C(=O)NCc3ccc(Cl)cc3)cc3cc(Br)cnc32)C1.CC1(C)CN(C(=O)Cn2c(=O)c(C(=O)NCc3ccc(Cl)cc3)cc3cc(C#N)cnc32)C1. The topological polar surface area (TPSA) is 192 Å². The summed E-state index contributed by atoms with van der Waals surface area (Å²) in [5.74, 6) is -1.48. The van der Waals surface area contributed by atoms with Crippen LogP contribution in [0.5, 0.6) is 0 Å². The smallest absolute Gasteiger partial charge is 0.265 e. The lowest BCUT2D eigenvalue weighted by Crippen LogP contribution is -2.56. The molecule has 0 bridgehead atoms. The second-order valence-corrected chi connectivity index (χ2v) is 19.4. The molecule has 0 atom stereocenters. The average Bonchev–Trinajstić information content (AvgIpc) is 3.25. The molecule has 0 unspecified atom stereocenters. The largest absolute Gasteiger partial charge is 0.348 e. The summed E-state index contributed by atoms with van der Waals surface area (Å²) >= 11 is 15.2. The van der Waals surface area contributed by atoms with Crippen LogP contribution in [-0.4, -0.2) is 78.7 Å². The zero-order chi connectivity index (χ0) is 46.8. The minimum Gasteiger partial charge on any atom is -0.348 e. The van der Waals surface area contributed by atoms with Gasteiger partial charge in [-0.3, -0.25) is 37.9 Å². The maximum atomic E-state index is 13.2. The summed E-state index contributed by atoms with van der Waals surface area (Å²) in [6.45, 7) is 10.8. The fourth-order valence-corrected chi connectivity index (χ4v) is 8.34. The van der Waals surface area contributed by atoms with Crippen LogP contribution < -0.4 is 21.8 Å². The van der Waals surface area contributed by atoms with Gasteiger partial charge in [-0.2, -0.15) is 5.26 Å². The number of nitrogens with zero attached hydrogens (tertiary/aromatic N) is 7. The molecule has 6 heterocycles. The Kier molecular flexibility index (Phi) is 13.6. The van der Waals surface area contributed by atoms with Crippen molar-refractivity contribution in [2.75, 3.05) is 26.2 Å². The van der Waals surface area contributed by atoms with Crippen LogP contribution in [0.1, 0.15) is 65.1 Å². The van der Waals surface area contributed by atoms with Gasteiger partial charge in [0.25, 0.3) is 22.9 Å². The van der Waals surface area contributed by atoms with E-state index in [0.717, 1.165) is 11.1 Å². The third kappa shape index (κ3) is 10.9. The lowest BCUT2D eigenvalue weighted by Gasteiger charge is -2.45. The van der Waals surface area contributed by atoms with E-state index in [2.05, 4.69) is 64.2 Å². The normalized spacial score (nSPS) is 14.6. The summed E-state index contributed by atoms with van der Waals surface area (Å²) in [6, 6.07) is 22.3. The predicted molar refractivity (Wildman–Crippen MR) is 250 cm³/mol. The van der Waals surface area contributed by atoms with Gasteiger partial charge in [0.1, 0.15) is 41.6 Å². The van der Waals surface area contributed by atoms with Crippen LogP contribution in [0.25, 0.3) is 22.1 Å². The molecule has 8 rings (SSSR count). The Morgan fingerprint density at radius 3 is 1.46 bits per heavy atom. The first-order valence-corrected chi connectivity index (χ1v) is 22.1. The van der Waals surface area contributed by atoms with Crippen LogP contribution in [0.15, 0.2) is 99.3 Å². The van der Waals surface area contributed by atoms with Crippen molar-refractivity contribution in [1.29, 1.82) is 5.26 Å². The number of halogens is 3. The van der Waals surface area contributed by atoms with Gasteiger partial charge >= 0.3 is 0 Å². The lowest BCUT2D eigenvalue weighted by atomic mass is 9.84. The zero-order valence-electron chi connectivity index (χ0n) is 36.0. The number of carbonyl (C=O) groups is 4. The van der Waals surface area contributed by atoms with Crippen LogP contribution in [0, 0.1) is 22.2 Å². The lowest BCUT2D eigenvalue weighted by molar-refractivity contribution is -0.142. The number of rotatable bonds is 10. The van der Waals surface area contributed by atoms with Gasteiger partial charge < -0.3 is 20.4 Å². The van der Waals surface area contributed by atoms with Crippen molar-refractivity contribution >= 4 is 84.8 Å². The second-order valence-electron chi connectivity index (χ2n) is 17.7. The summed E-state index contributed by atoms with van der Waals surface area (Å²) in [6.07, 6.45) is 2.91. The van der Waals surface area contributed by atoms with Crippen molar-refractivity contribution in [3.8, 4) is 6.07 Å². The van der Waals surface area contributed by atoms with Crippen LogP contribution in [0.4, 0.5) is 0 Å². The van der Waals surface area contributed by atoms with E-state index >= 15 is 0 Å². The van der Waals surface area contributed by atoms with Crippen molar-refractivity contribution in [3.05, 3.63) is 148 Å². The molecule has 334 valence electrons. The molecule has 2 N–H and O–H groups in total. The number of carbonyl (C=O) groups excluding carboxylic acids is 4. The van der Waals surface area contributed by atoms with Gasteiger partial charge in [0.05, 0.1) is 5.56 Å². The number of pyridine rings is 4. The number of fused-ring (bicyclic) bond motifs is 2. The summed E-state index contributed by atoms with van der Waals surface area (Å²) in [4.78, 5) is 89.8. The Morgan fingerprint density at radius 2 is 1.06 bits per heavy atom. The van der Waals surface area contributed by atoms with Gasteiger partial charge in [0.2, 0.25) is 11.8 Å². The molecule has 0 aliphatic carbocycles. The molecule has 0 spiro atoms. The zero-order valence-corrected chi connectivity index (χ0v) is 39.1. The van der Waals surface area contributed by atoms with Gasteiger partial charge in [-0.15, -0.1) is 0 Å². The molecule has 4 aromatic heterocycles. The summed E-state index contributed by atoms with van der Waals surface area (Å²) < 4.78 is 3.20. The minimum absolute atomic E-state index is 0.0388. The quantitative estimate of drug-likeness (QED) is 0.158. The number of nitriles is 1. The van der Waals surface area contributed by atoms with E-state index in [0.29, 0.717) is 57.1 Å². The Bertz CT molecular complexity index is 3020. The van der Waals surface area contributed by atoms with E-state index in [1.807, 2.05) is 6.07 Å². The minimum atomic E-state index is -0.610. The number of amides is 4. The van der Waals surface area contributed by atoms with Gasteiger partial charge in [0, 0.05) is 77.0 Å². The molecular formula is C47H44BrCl2N9O6. The van der Waals surface area contributed by atoms with Gasteiger partial charge in [-0.1, -0.05) is 75.2 Å². The van der Waals surface area contributed by atoms with Gasteiger partial charge in [-0.25, -0.2) is 9.97 Å². The van der Waals surface area contributed by atoms with Crippen molar-refractivity contribution in [1.82, 2.24) is 39.5 Å². The van der Waals surface area contributed by atoms with E-state index in [4.69, 9.17) is 23.2 Å². The number of aromatic nitrogens is 4. The second kappa shape index (κ2) is 19.0. The molecule has 2 aromatic carbocycles. The van der Waals surface area contributed by atoms with Crippen molar-refractivity contribution in [3.63, 3.8) is 0 Å². The van der Waals surface area contributed by atoms with Gasteiger partial charge in [0.15, 0.2) is 0 Å². The molecule has 18 heteroatoms. The maximum absolute atomic E-state index is 13.2. The Balaban J connectivity index is 0.000000194. The highest BCUT2D eigenvalue weighted by Gasteiger charge is 2.38. The molecule has 0 radical (unpaired) electrons. The summed E-state index contributed by atoms with van der Waals surface area (Å²) in [5.41, 5.74) is 1.38. The maximum Gasteiger partial charge on any atom is 0.265 e. The molecule has 2 aliphatic rings. The summed E-state index contributed by atoms with van der Waals surface area (Å²) in [5, 5.41) is 16.9. The number of hydrogen-bond donors (Lipinski definition) is 2. The van der Waals surface area contributed by atoms with Crippen LogP contribution in [0.2, 0.25) is 10.0 Å². The van der Waals surface area contributed by atoms with E-state index in [9.17, 15) is 34.0 Å². The third-order valence-corrected chi connectivity index (χ3v) is 11.9. The first-order valence-electron chi connectivity index (χ1n) is 20.5. The molecule has 0 saturated carbocycles. The van der Waals surface area contributed by atoms with E-state index in [-0.39, 0.29) is 71.2 Å². The molecule has 2 fully saturated rings. The van der Waals surface area contributed by atoms with Crippen molar-refractivity contribution < 1.29 is 19.2 Å². The standard InChI is InChI=1S/C24H22ClN5O3.C23H22BrClN4O3/c1-24(2)13-29(14-24)20(31)12-30-21-17(7-16(9-26)11-27-21)8-19(23(30)33)22(32)28-10-15-3-5-18(25)6-4-15;1-23(2)12-28(13-23)19(30)11-29-20-15(7-16(24)10-26-20)8-18(22(29)32)21(31)27-9-14-3-5-17(25)6-4-14/h3-8,11H,10,12-14H2,1-2H3,(H,28,32);3-8,10H,9,11-13H2,1-2H3,(H,27,31). The third-order valence-electron chi connectivity index (χ3n) is 10.9. The number of benzene rings is 2. The van der Waals surface area contributed by atoms with Gasteiger partial charge in [-0.05, 0) is 86.4 Å². The molecular weight excluding hydrogens is 937 g/mol. The Hall–Kier alpha value is -6.41. The molecule has 6 aromatic rings. The first kappa shape index (κ1) is 46.6. The number of nitrogens with one attached hydrogen (secondary N) is 2. The highest BCUT2D eigenvalue weighted by molar-refractivity contribution is 9.10. The Labute approximate surface area is 392 Å². The van der Waals surface area contributed by atoms with Crippen molar-refractivity contribution in [2.24, 2.45) is 10.8 Å². The number of hydrogen-bond acceptors (Lipinski definition) is 9. The fraction of sp³-hybridized carbons (Fsp3) is 0.298. The first-order chi connectivity index (χ1) is 30.8. The van der Waals surface area contributed by atoms with Crippen LogP contribution >= 0.6 is 39.1 Å². The molecule has 2 aliphatic heterocycles. The summed E-state index contributed by atoms with van der Waals surface area (Å²) in [7, 11) is 0. The van der Waals surface area contributed by atoms with E-state index in [1.54, 1.807) is 76.7 Å². The van der Waals surface area contributed by atoms with Crippen molar-refractivity contribution in [2.45, 2.75) is 53.9 Å².